The standard InChI is InChI=1S/C10H15NO2/c11-10(2-1-7-12)8-3-5-9(13)6-4-8/h3-6,10,12-13H,1-2,7,11H2/t10-/m0/s1. The van der Waals surface area contributed by atoms with Crippen LogP contribution in [-0.2, 0) is 0 Å². The predicted molar refractivity (Wildman–Crippen MR) is 51.4 cm³/mol. The summed E-state index contributed by atoms with van der Waals surface area (Å²) in [5, 5.41) is 17.6. The monoisotopic (exact) mass is 181 g/mol. The van der Waals surface area contributed by atoms with Crippen LogP contribution in [0, 0.1) is 0 Å². The Kier molecular flexibility index (Phi) is 3.73. The summed E-state index contributed by atoms with van der Waals surface area (Å²) in [7, 11) is 0. The van der Waals surface area contributed by atoms with Crippen LogP contribution >= 0.6 is 0 Å². The number of benzene rings is 1. The molecule has 0 aliphatic rings. The molecule has 0 aliphatic carbocycles. The number of phenolic OH excluding ortho intramolecular Hbond substituents is 1. The van der Waals surface area contributed by atoms with Crippen LogP contribution in [0.25, 0.3) is 0 Å². The van der Waals surface area contributed by atoms with Crippen molar-refractivity contribution in [2.75, 3.05) is 6.61 Å². The molecule has 0 saturated carbocycles. The Hall–Kier alpha value is -1.06. The number of phenols is 1. The molecule has 4 N–H and O–H groups in total. The molecule has 13 heavy (non-hydrogen) atoms. The number of rotatable bonds is 4. The van der Waals surface area contributed by atoms with Gasteiger partial charge in [-0.1, -0.05) is 12.1 Å². The third-order valence-corrected chi connectivity index (χ3v) is 1.99. The smallest absolute Gasteiger partial charge is 0.115 e. The van der Waals surface area contributed by atoms with E-state index in [1.807, 2.05) is 0 Å². The van der Waals surface area contributed by atoms with E-state index in [-0.39, 0.29) is 18.4 Å². The first-order valence-corrected chi connectivity index (χ1v) is 4.39. The predicted octanol–water partition coefficient (Wildman–Crippen LogP) is 1.16. The molecule has 0 aliphatic heterocycles. The average Bonchev–Trinajstić information content (AvgIpc) is 2.15. The van der Waals surface area contributed by atoms with Gasteiger partial charge in [0.15, 0.2) is 0 Å². The molecule has 0 heterocycles. The maximum Gasteiger partial charge on any atom is 0.115 e. The topological polar surface area (TPSA) is 66.5 Å². The molecular formula is C10H15NO2. The van der Waals surface area contributed by atoms with E-state index >= 15 is 0 Å². The Balaban J connectivity index is 2.55. The van der Waals surface area contributed by atoms with Gasteiger partial charge in [-0.2, -0.15) is 0 Å². The fraction of sp³-hybridized carbons (Fsp3) is 0.400. The van der Waals surface area contributed by atoms with E-state index in [1.54, 1.807) is 24.3 Å². The highest BCUT2D eigenvalue weighted by Crippen LogP contribution is 2.18. The fourth-order valence-electron chi connectivity index (χ4n) is 1.20. The molecule has 0 saturated heterocycles. The zero-order valence-corrected chi connectivity index (χ0v) is 7.48. The SMILES string of the molecule is N[C@@H](CCCO)c1ccc(O)cc1. The second-order valence-electron chi connectivity index (χ2n) is 3.06. The molecule has 1 aromatic rings. The molecule has 3 heteroatoms. The highest BCUT2D eigenvalue weighted by atomic mass is 16.3. The molecule has 0 aromatic heterocycles. The van der Waals surface area contributed by atoms with Crippen LogP contribution in [0.5, 0.6) is 5.75 Å². The molecule has 0 amide bonds. The van der Waals surface area contributed by atoms with Gasteiger partial charge in [0.25, 0.3) is 0 Å². The van der Waals surface area contributed by atoms with Crippen molar-refractivity contribution in [3.05, 3.63) is 29.8 Å². The number of aliphatic hydroxyl groups excluding tert-OH is 1. The number of nitrogens with two attached hydrogens (primary N) is 1. The largest absolute Gasteiger partial charge is 0.508 e. The van der Waals surface area contributed by atoms with Gasteiger partial charge in [0.2, 0.25) is 0 Å². The number of hydrogen-bond acceptors (Lipinski definition) is 3. The van der Waals surface area contributed by atoms with Gasteiger partial charge in [-0.05, 0) is 30.5 Å². The van der Waals surface area contributed by atoms with Crippen molar-refractivity contribution < 1.29 is 10.2 Å². The lowest BCUT2D eigenvalue weighted by atomic mass is 10.0. The summed E-state index contributed by atoms with van der Waals surface area (Å²) < 4.78 is 0. The summed E-state index contributed by atoms with van der Waals surface area (Å²) in [6.07, 6.45) is 1.48. The lowest BCUT2D eigenvalue weighted by Gasteiger charge is -2.10. The molecule has 0 fully saturated rings. The molecule has 0 unspecified atom stereocenters. The summed E-state index contributed by atoms with van der Waals surface area (Å²) >= 11 is 0. The van der Waals surface area contributed by atoms with Gasteiger partial charge < -0.3 is 15.9 Å². The molecule has 1 rings (SSSR count). The minimum absolute atomic E-state index is 0.0484. The minimum Gasteiger partial charge on any atom is -0.508 e. The molecule has 72 valence electrons. The van der Waals surface area contributed by atoms with E-state index in [1.165, 1.54) is 0 Å². The van der Waals surface area contributed by atoms with Crippen molar-refractivity contribution in [3.63, 3.8) is 0 Å². The van der Waals surface area contributed by atoms with Crippen LogP contribution in [0.3, 0.4) is 0 Å². The third-order valence-electron chi connectivity index (χ3n) is 1.99. The Bertz CT molecular complexity index is 246. The van der Waals surface area contributed by atoms with Crippen molar-refractivity contribution >= 4 is 0 Å². The second kappa shape index (κ2) is 4.84. The first kappa shape index (κ1) is 10.0. The lowest BCUT2D eigenvalue weighted by Crippen LogP contribution is -2.10. The Labute approximate surface area is 77.8 Å². The zero-order chi connectivity index (χ0) is 9.68. The zero-order valence-electron chi connectivity index (χ0n) is 7.48. The molecule has 0 spiro atoms. The number of hydrogen-bond donors (Lipinski definition) is 3. The van der Waals surface area contributed by atoms with Gasteiger partial charge in [0.1, 0.15) is 5.75 Å². The van der Waals surface area contributed by atoms with Gasteiger partial charge in [-0.3, -0.25) is 0 Å². The first-order valence-electron chi connectivity index (χ1n) is 4.39. The highest BCUT2D eigenvalue weighted by Gasteiger charge is 2.04. The quantitative estimate of drug-likeness (QED) is 0.653. The fourth-order valence-corrected chi connectivity index (χ4v) is 1.20. The van der Waals surface area contributed by atoms with Crippen LogP contribution in [0.2, 0.25) is 0 Å². The second-order valence-corrected chi connectivity index (χ2v) is 3.06. The Morgan fingerprint density at radius 1 is 1.23 bits per heavy atom. The molecular weight excluding hydrogens is 166 g/mol. The Morgan fingerprint density at radius 3 is 2.38 bits per heavy atom. The maximum absolute atomic E-state index is 9.03. The highest BCUT2D eigenvalue weighted by molar-refractivity contribution is 5.27. The van der Waals surface area contributed by atoms with Gasteiger partial charge in [-0.15, -0.1) is 0 Å². The van der Waals surface area contributed by atoms with Crippen LogP contribution < -0.4 is 5.73 Å². The first-order chi connectivity index (χ1) is 6.24. The van der Waals surface area contributed by atoms with Crippen molar-refractivity contribution in [1.82, 2.24) is 0 Å². The van der Waals surface area contributed by atoms with Gasteiger partial charge in [0, 0.05) is 12.6 Å². The normalized spacial score (nSPS) is 12.8. The van der Waals surface area contributed by atoms with Crippen LogP contribution in [0.1, 0.15) is 24.4 Å². The summed E-state index contributed by atoms with van der Waals surface area (Å²) in [6.45, 7) is 0.172. The van der Waals surface area contributed by atoms with Crippen molar-refractivity contribution in [1.29, 1.82) is 0 Å². The van der Waals surface area contributed by atoms with E-state index in [0.29, 0.717) is 6.42 Å². The summed E-state index contributed by atoms with van der Waals surface area (Å²) in [5.41, 5.74) is 6.83. The molecule has 0 bridgehead atoms. The van der Waals surface area contributed by atoms with E-state index in [4.69, 9.17) is 15.9 Å². The Morgan fingerprint density at radius 2 is 1.85 bits per heavy atom. The third kappa shape index (κ3) is 3.05. The van der Waals surface area contributed by atoms with Crippen molar-refractivity contribution in [2.45, 2.75) is 18.9 Å². The lowest BCUT2D eigenvalue weighted by molar-refractivity contribution is 0.280. The van der Waals surface area contributed by atoms with Crippen LogP contribution in [-0.4, -0.2) is 16.8 Å². The summed E-state index contributed by atoms with van der Waals surface area (Å²) in [4.78, 5) is 0. The van der Waals surface area contributed by atoms with E-state index in [0.717, 1.165) is 12.0 Å². The summed E-state index contributed by atoms with van der Waals surface area (Å²) in [6, 6.07) is 6.80. The van der Waals surface area contributed by atoms with E-state index in [9.17, 15) is 0 Å². The number of aliphatic hydroxyl groups is 1. The van der Waals surface area contributed by atoms with Gasteiger partial charge >= 0.3 is 0 Å². The van der Waals surface area contributed by atoms with Crippen LogP contribution in [0.15, 0.2) is 24.3 Å². The molecule has 3 nitrogen and oxygen atoms in total. The molecule has 0 radical (unpaired) electrons. The molecule has 1 atom stereocenters. The van der Waals surface area contributed by atoms with E-state index < -0.39 is 0 Å². The maximum atomic E-state index is 9.03. The molecule has 1 aromatic carbocycles. The van der Waals surface area contributed by atoms with Crippen molar-refractivity contribution in [2.24, 2.45) is 5.73 Å². The van der Waals surface area contributed by atoms with Gasteiger partial charge in [0.05, 0.1) is 0 Å². The van der Waals surface area contributed by atoms with Gasteiger partial charge in [-0.25, -0.2) is 0 Å². The minimum atomic E-state index is -0.0484. The van der Waals surface area contributed by atoms with Crippen LogP contribution in [0.4, 0.5) is 0 Å². The van der Waals surface area contributed by atoms with Crippen molar-refractivity contribution in [3.8, 4) is 5.75 Å². The number of aromatic hydroxyl groups is 1. The summed E-state index contributed by atoms with van der Waals surface area (Å²) in [5.74, 6) is 0.248. The van der Waals surface area contributed by atoms with E-state index in [2.05, 4.69) is 0 Å². The average molecular weight is 181 g/mol.